The molecule has 0 aliphatic carbocycles. The molecule has 116 valence electrons. The number of benzene rings is 1. The Hall–Kier alpha value is -1.01. The van der Waals surface area contributed by atoms with Crippen molar-refractivity contribution in [3.05, 3.63) is 34.5 Å². The lowest BCUT2D eigenvalue weighted by Gasteiger charge is -2.22. The Bertz CT molecular complexity index is 610. The number of methoxy groups -OCH3 is 1. The zero-order valence-corrected chi connectivity index (χ0v) is 13.6. The zero-order chi connectivity index (χ0) is 15.5. The van der Waals surface area contributed by atoms with Crippen LogP contribution in [0.1, 0.15) is 30.7 Å². The Morgan fingerprint density at radius 3 is 2.76 bits per heavy atom. The van der Waals surface area contributed by atoms with Gasteiger partial charge in [0.25, 0.3) is 0 Å². The summed E-state index contributed by atoms with van der Waals surface area (Å²) in [5.74, 6) is -0.209. The minimum absolute atomic E-state index is 0.209. The van der Waals surface area contributed by atoms with E-state index in [0.29, 0.717) is 25.1 Å². The third-order valence-corrected chi connectivity index (χ3v) is 4.90. The number of rotatable bonds is 7. The molecule has 0 aliphatic rings. The molecular weight excluding hydrogens is 289 g/mol. The van der Waals surface area contributed by atoms with Crippen LogP contribution in [0.2, 0.25) is 0 Å². The van der Waals surface area contributed by atoms with Gasteiger partial charge < -0.3 is 15.2 Å². The molecule has 2 N–H and O–H groups in total. The highest BCUT2D eigenvalue weighted by atomic mass is 32.1. The summed E-state index contributed by atoms with van der Waals surface area (Å²) in [5.41, 5.74) is 6.44. The van der Waals surface area contributed by atoms with Crippen molar-refractivity contribution in [1.82, 2.24) is 0 Å². The summed E-state index contributed by atoms with van der Waals surface area (Å²) in [5, 5.41) is 0.647. The lowest BCUT2D eigenvalue weighted by Crippen LogP contribution is -2.24. The molecule has 0 atom stereocenters. The van der Waals surface area contributed by atoms with E-state index in [1.54, 1.807) is 13.2 Å². The predicted molar refractivity (Wildman–Crippen MR) is 85.0 cm³/mol. The lowest BCUT2D eigenvalue weighted by atomic mass is 10.1. The molecule has 0 saturated heterocycles. The average Bonchev–Trinajstić information content (AvgIpc) is 2.83. The number of hydrogen-bond donors (Lipinski definition) is 1. The first-order chi connectivity index (χ1) is 9.98. The van der Waals surface area contributed by atoms with Crippen molar-refractivity contribution in [2.24, 2.45) is 5.73 Å². The molecule has 1 aromatic carbocycles. The van der Waals surface area contributed by atoms with Gasteiger partial charge in [0.1, 0.15) is 5.82 Å². The van der Waals surface area contributed by atoms with Crippen LogP contribution in [0, 0.1) is 5.82 Å². The van der Waals surface area contributed by atoms with Crippen molar-refractivity contribution in [3.8, 4) is 0 Å². The van der Waals surface area contributed by atoms with E-state index in [1.165, 1.54) is 17.4 Å². The molecule has 21 heavy (non-hydrogen) atoms. The quantitative estimate of drug-likeness (QED) is 0.790. The van der Waals surface area contributed by atoms with Crippen molar-refractivity contribution in [1.29, 1.82) is 0 Å². The molecule has 1 aromatic heterocycles. The number of ether oxygens (including phenoxy) is 2. The van der Waals surface area contributed by atoms with Gasteiger partial charge in [-0.2, -0.15) is 0 Å². The van der Waals surface area contributed by atoms with Crippen molar-refractivity contribution in [2.45, 2.75) is 39.0 Å². The van der Waals surface area contributed by atoms with Crippen molar-refractivity contribution in [2.75, 3.05) is 13.7 Å². The maximum Gasteiger partial charge on any atom is 0.132 e. The highest BCUT2D eigenvalue weighted by Crippen LogP contribution is 2.33. The fourth-order valence-electron chi connectivity index (χ4n) is 2.13. The van der Waals surface area contributed by atoms with E-state index in [1.807, 2.05) is 19.9 Å². The molecule has 2 rings (SSSR count). The van der Waals surface area contributed by atoms with E-state index >= 15 is 0 Å². The van der Waals surface area contributed by atoms with Gasteiger partial charge in [-0.05, 0) is 32.4 Å². The van der Waals surface area contributed by atoms with Crippen LogP contribution in [0.25, 0.3) is 10.1 Å². The van der Waals surface area contributed by atoms with Crippen LogP contribution in [-0.4, -0.2) is 19.3 Å². The highest BCUT2D eigenvalue weighted by molar-refractivity contribution is 7.19. The van der Waals surface area contributed by atoms with Crippen LogP contribution in [0.5, 0.6) is 0 Å². The molecular formula is C16H22FNO2S. The fourth-order valence-corrected chi connectivity index (χ4v) is 3.23. The number of fused-ring (bicyclic) bond motifs is 1. The summed E-state index contributed by atoms with van der Waals surface area (Å²) in [7, 11) is 1.69. The van der Waals surface area contributed by atoms with Gasteiger partial charge in [0.05, 0.1) is 12.2 Å². The lowest BCUT2D eigenvalue weighted by molar-refractivity contribution is -0.0123. The number of nitrogens with two attached hydrogens (primary N) is 1. The van der Waals surface area contributed by atoms with Crippen LogP contribution in [-0.2, 0) is 22.6 Å². The van der Waals surface area contributed by atoms with Crippen LogP contribution < -0.4 is 5.73 Å². The second-order valence-electron chi connectivity index (χ2n) is 5.59. The van der Waals surface area contributed by atoms with Gasteiger partial charge in [0.15, 0.2) is 0 Å². The van der Waals surface area contributed by atoms with Gasteiger partial charge in [-0.15, -0.1) is 11.3 Å². The van der Waals surface area contributed by atoms with Gasteiger partial charge in [-0.25, -0.2) is 4.39 Å². The van der Waals surface area contributed by atoms with E-state index in [0.717, 1.165) is 21.6 Å². The second kappa shape index (κ2) is 6.83. The Labute approximate surface area is 128 Å². The van der Waals surface area contributed by atoms with Gasteiger partial charge in [0, 0.05) is 40.8 Å². The van der Waals surface area contributed by atoms with Gasteiger partial charge in [-0.3, -0.25) is 0 Å². The molecule has 0 radical (unpaired) electrons. The summed E-state index contributed by atoms with van der Waals surface area (Å²) in [6, 6.07) is 5.12. The fraction of sp³-hybridized carbons (Fsp3) is 0.500. The molecule has 1 heterocycles. The van der Waals surface area contributed by atoms with Crippen LogP contribution in [0.4, 0.5) is 4.39 Å². The molecule has 5 heteroatoms. The SMILES string of the molecule is COC(C)(C)CCOCc1c(CN)sc2cccc(F)c12. The Balaban J connectivity index is 2.11. The largest absolute Gasteiger partial charge is 0.379 e. The van der Waals surface area contributed by atoms with Crippen LogP contribution in [0.15, 0.2) is 18.2 Å². The standard InChI is InChI=1S/C16H22FNO2S/c1-16(2,19-3)7-8-20-10-11-14(9-18)21-13-6-4-5-12(17)15(11)13/h4-6H,7-10,18H2,1-3H3. The van der Waals surface area contributed by atoms with Gasteiger partial charge in [-0.1, -0.05) is 6.07 Å². The first-order valence-corrected chi connectivity index (χ1v) is 7.82. The van der Waals surface area contributed by atoms with E-state index < -0.39 is 0 Å². The molecule has 0 fully saturated rings. The van der Waals surface area contributed by atoms with Gasteiger partial charge >= 0.3 is 0 Å². The Kier molecular flexibility index (Phi) is 5.32. The minimum Gasteiger partial charge on any atom is -0.379 e. The average molecular weight is 311 g/mol. The smallest absolute Gasteiger partial charge is 0.132 e. The van der Waals surface area contributed by atoms with E-state index in [4.69, 9.17) is 15.2 Å². The van der Waals surface area contributed by atoms with Crippen molar-refractivity contribution in [3.63, 3.8) is 0 Å². The van der Waals surface area contributed by atoms with Gasteiger partial charge in [0.2, 0.25) is 0 Å². The van der Waals surface area contributed by atoms with Crippen LogP contribution >= 0.6 is 11.3 Å². The topological polar surface area (TPSA) is 44.5 Å². The molecule has 0 amide bonds. The predicted octanol–water partition coefficient (Wildman–Crippen LogP) is 3.83. The Morgan fingerprint density at radius 2 is 2.10 bits per heavy atom. The molecule has 0 saturated carbocycles. The van der Waals surface area contributed by atoms with E-state index in [2.05, 4.69) is 0 Å². The molecule has 0 unspecified atom stereocenters. The molecule has 3 nitrogen and oxygen atoms in total. The summed E-state index contributed by atoms with van der Waals surface area (Å²) in [6.07, 6.45) is 0.784. The number of halogens is 1. The first kappa shape index (κ1) is 16.4. The monoisotopic (exact) mass is 311 g/mol. The normalized spacial score (nSPS) is 12.2. The molecule has 0 aliphatic heterocycles. The number of thiophene rings is 1. The zero-order valence-electron chi connectivity index (χ0n) is 12.7. The second-order valence-corrected chi connectivity index (χ2v) is 6.72. The van der Waals surface area contributed by atoms with Crippen molar-refractivity contribution < 1.29 is 13.9 Å². The summed E-state index contributed by atoms with van der Waals surface area (Å²) in [6.45, 7) is 5.38. The summed E-state index contributed by atoms with van der Waals surface area (Å²) in [4.78, 5) is 0.987. The number of hydrogen-bond acceptors (Lipinski definition) is 4. The first-order valence-electron chi connectivity index (χ1n) is 7.00. The van der Waals surface area contributed by atoms with Crippen LogP contribution in [0.3, 0.4) is 0 Å². The molecule has 0 bridgehead atoms. The van der Waals surface area contributed by atoms with Crippen molar-refractivity contribution >= 4 is 21.4 Å². The maximum atomic E-state index is 14.0. The third kappa shape index (κ3) is 3.80. The minimum atomic E-state index is -0.210. The Morgan fingerprint density at radius 1 is 1.33 bits per heavy atom. The van der Waals surface area contributed by atoms with E-state index in [9.17, 15) is 4.39 Å². The third-order valence-electron chi connectivity index (χ3n) is 3.68. The maximum absolute atomic E-state index is 14.0. The summed E-state index contributed by atoms with van der Waals surface area (Å²) >= 11 is 1.54. The summed E-state index contributed by atoms with van der Waals surface area (Å²) < 4.78 is 26.0. The van der Waals surface area contributed by atoms with E-state index in [-0.39, 0.29) is 11.4 Å². The highest BCUT2D eigenvalue weighted by Gasteiger charge is 2.17. The molecule has 2 aromatic rings. The molecule has 0 spiro atoms.